The Morgan fingerprint density at radius 2 is 1.62 bits per heavy atom. The molecule has 1 aromatic carbocycles. The van der Waals surface area contributed by atoms with Gasteiger partial charge in [-0.25, -0.2) is 0 Å². The van der Waals surface area contributed by atoms with Gasteiger partial charge < -0.3 is 10.1 Å². The van der Waals surface area contributed by atoms with Crippen LogP contribution >= 0.6 is 0 Å². The molecule has 0 saturated heterocycles. The quantitative estimate of drug-likeness (QED) is 0.794. The lowest BCUT2D eigenvalue weighted by Gasteiger charge is -2.22. The topological polar surface area (TPSA) is 21.3 Å². The second-order valence-corrected chi connectivity index (χ2v) is 5.69. The Bertz CT molecular complexity index is 422. The average Bonchev–Trinajstić information content (AvgIpc) is 2.66. The van der Waals surface area contributed by atoms with Crippen LogP contribution in [-0.2, 0) is 0 Å². The van der Waals surface area contributed by atoms with E-state index in [1.807, 2.05) is 6.92 Å². The van der Waals surface area contributed by atoms with E-state index in [1.165, 1.54) is 50.7 Å². The van der Waals surface area contributed by atoms with Gasteiger partial charge in [0.2, 0.25) is 0 Å². The van der Waals surface area contributed by atoms with Crippen LogP contribution in [0.25, 0.3) is 0 Å². The lowest BCUT2D eigenvalue weighted by molar-refractivity contribution is -0.274. The molecule has 1 fully saturated rings. The van der Waals surface area contributed by atoms with E-state index in [1.54, 1.807) is 12.1 Å². The molecule has 0 heterocycles. The molecule has 5 heteroatoms. The maximum Gasteiger partial charge on any atom is 0.573 e. The molecule has 1 aliphatic carbocycles. The van der Waals surface area contributed by atoms with Crippen molar-refractivity contribution >= 4 is 0 Å². The van der Waals surface area contributed by atoms with Gasteiger partial charge in [0.1, 0.15) is 5.75 Å². The van der Waals surface area contributed by atoms with Crippen LogP contribution in [0, 0.1) is 0 Å². The minimum Gasteiger partial charge on any atom is -0.406 e. The van der Waals surface area contributed by atoms with Gasteiger partial charge >= 0.3 is 6.36 Å². The van der Waals surface area contributed by atoms with Crippen LogP contribution in [0.5, 0.6) is 5.75 Å². The second-order valence-electron chi connectivity index (χ2n) is 5.69. The average molecular weight is 301 g/mol. The highest BCUT2D eigenvalue weighted by atomic mass is 19.4. The van der Waals surface area contributed by atoms with Gasteiger partial charge in [0.25, 0.3) is 0 Å². The number of benzene rings is 1. The summed E-state index contributed by atoms with van der Waals surface area (Å²) in [4.78, 5) is 0. The maximum absolute atomic E-state index is 12.1. The van der Waals surface area contributed by atoms with E-state index in [0.717, 1.165) is 5.56 Å². The van der Waals surface area contributed by atoms with E-state index in [2.05, 4.69) is 10.1 Å². The molecule has 0 spiro atoms. The zero-order valence-corrected chi connectivity index (χ0v) is 12.2. The fourth-order valence-corrected chi connectivity index (χ4v) is 2.85. The van der Waals surface area contributed by atoms with Gasteiger partial charge in [-0.1, -0.05) is 37.8 Å². The smallest absolute Gasteiger partial charge is 0.406 e. The molecular formula is C16H22F3NO. The van der Waals surface area contributed by atoms with Crippen molar-refractivity contribution in [2.45, 2.75) is 63.9 Å². The molecule has 0 bridgehead atoms. The molecule has 1 saturated carbocycles. The summed E-state index contributed by atoms with van der Waals surface area (Å²) >= 11 is 0. The monoisotopic (exact) mass is 301 g/mol. The summed E-state index contributed by atoms with van der Waals surface area (Å²) in [6, 6.07) is 6.76. The molecule has 0 aromatic heterocycles. The fourth-order valence-electron chi connectivity index (χ4n) is 2.85. The first-order valence-corrected chi connectivity index (χ1v) is 7.56. The summed E-state index contributed by atoms with van der Waals surface area (Å²) in [6.07, 6.45) is 2.84. The molecule has 1 atom stereocenters. The maximum atomic E-state index is 12.1. The molecule has 2 nitrogen and oxygen atoms in total. The SMILES string of the molecule is CC(NC1CCCCCC1)c1ccc(OC(F)(F)F)cc1. The molecule has 21 heavy (non-hydrogen) atoms. The van der Waals surface area contributed by atoms with Crippen molar-refractivity contribution in [1.82, 2.24) is 5.32 Å². The highest BCUT2D eigenvalue weighted by Crippen LogP contribution is 2.25. The van der Waals surface area contributed by atoms with Gasteiger partial charge in [-0.2, -0.15) is 0 Å². The van der Waals surface area contributed by atoms with Crippen LogP contribution in [0.3, 0.4) is 0 Å². The number of rotatable bonds is 4. The van der Waals surface area contributed by atoms with Crippen molar-refractivity contribution < 1.29 is 17.9 Å². The lowest BCUT2D eigenvalue weighted by Crippen LogP contribution is -2.31. The van der Waals surface area contributed by atoms with Crippen molar-refractivity contribution in [2.75, 3.05) is 0 Å². The minimum atomic E-state index is -4.63. The van der Waals surface area contributed by atoms with Gasteiger partial charge in [-0.3, -0.25) is 0 Å². The Morgan fingerprint density at radius 1 is 1.05 bits per heavy atom. The molecule has 1 aliphatic rings. The number of halogens is 3. The van der Waals surface area contributed by atoms with E-state index in [0.29, 0.717) is 6.04 Å². The van der Waals surface area contributed by atoms with Crippen molar-refractivity contribution in [3.05, 3.63) is 29.8 Å². The number of hydrogen-bond acceptors (Lipinski definition) is 2. The zero-order chi connectivity index (χ0) is 15.3. The number of alkyl halides is 3. The molecule has 0 amide bonds. The highest BCUT2D eigenvalue weighted by molar-refractivity contribution is 5.29. The predicted octanol–water partition coefficient (Wildman–Crippen LogP) is 4.96. The Morgan fingerprint density at radius 3 is 2.14 bits per heavy atom. The third kappa shape index (κ3) is 5.58. The van der Waals surface area contributed by atoms with E-state index in [4.69, 9.17) is 0 Å². The molecule has 1 unspecified atom stereocenters. The van der Waals surface area contributed by atoms with Crippen LogP contribution in [0.4, 0.5) is 13.2 Å². The van der Waals surface area contributed by atoms with Crippen LogP contribution in [0.15, 0.2) is 24.3 Å². The number of hydrogen-bond donors (Lipinski definition) is 1. The van der Waals surface area contributed by atoms with Crippen molar-refractivity contribution in [3.8, 4) is 5.75 Å². The molecule has 1 N–H and O–H groups in total. The van der Waals surface area contributed by atoms with Gasteiger partial charge in [0.05, 0.1) is 0 Å². The summed E-state index contributed by atoms with van der Waals surface area (Å²) < 4.78 is 40.2. The third-order valence-corrected chi connectivity index (χ3v) is 3.95. The summed E-state index contributed by atoms with van der Waals surface area (Å²) in [5, 5.41) is 3.58. The number of nitrogens with one attached hydrogen (secondary N) is 1. The molecule has 118 valence electrons. The molecule has 0 aliphatic heterocycles. The van der Waals surface area contributed by atoms with Gasteiger partial charge in [-0.15, -0.1) is 13.2 Å². The summed E-state index contributed by atoms with van der Waals surface area (Å²) in [6.45, 7) is 2.05. The molecule has 2 rings (SSSR count). The van der Waals surface area contributed by atoms with Crippen molar-refractivity contribution in [1.29, 1.82) is 0 Å². The second kappa shape index (κ2) is 7.16. The first-order chi connectivity index (χ1) is 9.94. The predicted molar refractivity (Wildman–Crippen MR) is 76.2 cm³/mol. The number of ether oxygens (including phenoxy) is 1. The largest absolute Gasteiger partial charge is 0.573 e. The Balaban J connectivity index is 1.91. The first-order valence-electron chi connectivity index (χ1n) is 7.56. The molecule has 0 radical (unpaired) electrons. The first kappa shape index (κ1) is 16.1. The molecule has 1 aromatic rings. The van der Waals surface area contributed by atoms with E-state index in [-0.39, 0.29) is 11.8 Å². The molecular weight excluding hydrogens is 279 g/mol. The van der Waals surface area contributed by atoms with Crippen LogP contribution in [-0.4, -0.2) is 12.4 Å². The van der Waals surface area contributed by atoms with Gasteiger partial charge in [-0.05, 0) is 37.5 Å². The zero-order valence-electron chi connectivity index (χ0n) is 12.2. The van der Waals surface area contributed by atoms with Crippen molar-refractivity contribution in [2.24, 2.45) is 0 Å². The highest BCUT2D eigenvalue weighted by Gasteiger charge is 2.31. The van der Waals surface area contributed by atoms with E-state index in [9.17, 15) is 13.2 Å². The summed E-state index contributed by atoms with van der Waals surface area (Å²) in [5.74, 6) is -0.173. The summed E-state index contributed by atoms with van der Waals surface area (Å²) in [7, 11) is 0. The Hall–Kier alpha value is -1.23. The standard InChI is InChI=1S/C16H22F3NO/c1-12(20-14-6-4-2-3-5-7-14)13-8-10-15(11-9-13)21-16(17,18)19/h8-12,14,20H,2-7H2,1H3. The Kier molecular flexibility index (Phi) is 5.51. The van der Waals surface area contributed by atoms with Crippen LogP contribution in [0.1, 0.15) is 57.1 Å². The normalized spacial score (nSPS) is 19.0. The van der Waals surface area contributed by atoms with Gasteiger partial charge in [0.15, 0.2) is 0 Å². The lowest BCUT2D eigenvalue weighted by atomic mass is 10.0. The third-order valence-electron chi connectivity index (χ3n) is 3.95. The Labute approximate surface area is 123 Å². The van der Waals surface area contributed by atoms with Crippen LogP contribution < -0.4 is 10.1 Å². The minimum absolute atomic E-state index is 0.132. The van der Waals surface area contributed by atoms with Crippen LogP contribution in [0.2, 0.25) is 0 Å². The van der Waals surface area contributed by atoms with Crippen molar-refractivity contribution in [3.63, 3.8) is 0 Å². The fraction of sp³-hybridized carbons (Fsp3) is 0.625. The van der Waals surface area contributed by atoms with E-state index >= 15 is 0 Å². The van der Waals surface area contributed by atoms with E-state index < -0.39 is 6.36 Å². The van der Waals surface area contributed by atoms with Gasteiger partial charge in [0, 0.05) is 12.1 Å². The summed E-state index contributed by atoms with van der Waals surface area (Å²) in [5.41, 5.74) is 0.980.